The lowest BCUT2D eigenvalue weighted by Gasteiger charge is -2.19. The minimum absolute atomic E-state index is 0.249. The first-order valence-electron chi connectivity index (χ1n) is 9.66. The van der Waals surface area contributed by atoms with Gasteiger partial charge in [0.15, 0.2) is 0 Å². The molecule has 0 aliphatic rings. The molecule has 0 radical (unpaired) electrons. The van der Waals surface area contributed by atoms with Crippen LogP contribution in [0.1, 0.15) is 36.7 Å². The largest absolute Gasteiger partial charge is 0.444 e. The number of nitrogens with zero attached hydrogens (tertiary/aromatic N) is 2. The fourth-order valence-electron chi connectivity index (χ4n) is 2.60. The summed E-state index contributed by atoms with van der Waals surface area (Å²) in [6.45, 7) is 7.23. The molecule has 1 aromatic heterocycles. The Labute approximate surface area is 180 Å². The number of hydrogen-bond acceptors (Lipinski definition) is 6. The van der Waals surface area contributed by atoms with Gasteiger partial charge in [-0.1, -0.05) is 0 Å². The Morgan fingerprint density at radius 3 is 2.23 bits per heavy atom. The Hall–Kier alpha value is -3.94. The van der Waals surface area contributed by atoms with Crippen LogP contribution in [0.2, 0.25) is 0 Å². The van der Waals surface area contributed by atoms with Crippen molar-refractivity contribution >= 4 is 23.4 Å². The van der Waals surface area contributed by atoms with E-state index in [4.69, 9.17) is 9.47 Å². The molecule has 0 saturated carbocycles. The summed E-state index contributed by atoms with van der Waals surface area (Å²) >= 11 is 0. The van der Waals surface area contributed by atoms with Crippen molar-refractivity contribution in [2.75, 3.05) is 10.6 Å². The van der Waals surface area contributed by atoms with E-state index in [-0.39, 0.29) is 11.9 Å². The molecule has 0 saturated heterocycles. The molecule has 2 amide bonds. The lowest BCUT2D eigenvalue weighted by Crippen LogP contribution is -2.27. The van der Waals surface area contributed by atoms with E-state index < -0.39 is 11.7 Å². The molecule has 160 valence electrons. The van der Waals surface area contributed by atoms with Crippen molar-refractivity contribution in [1.29, 1.82) is 0 Å². The number of carbonyl (C=O) groups is 2. The van der Waals surface area contributed by atoms with E-state index in [9.17, 15) is 9.59 Å². The minimum Gasteiger partial charge on any atom is -0.444 e. The van der Waals surface area contributed by atoms with Crippen molar-refractivity contribution in [2.45, 2.75) is 33.3 Å². The third kappa shape index (κ3) is 6.53. The first-order chi connectivity index (χ1) is 14.7. The fraction of sp³-hybridized carbons (Fsp3) is 0.217. The summed E-state index contributed by atoms with van der Waals surface area (Å²) < 4.78 is 10.8. The highest BCUT2D eigenvalue weighted by Crippen LogP contribution is 2.24. The zero-order valence-electron chi connectivity index (χ0n) is 17.8. The van der Waals surface area contributed by atoms with Crippen molar-refractivity contribution in [3.05, 3.63) is 72.1 Å². The van der Waals surface area contributed by atoms with Crippen LogP contribution in [-0.4, -0.2) is 27.6 Å². The summed E-state index contributed by atoms with van der Waals surface area (Å²) in [6.07, 6.45) is 2.64. The molecule has 3 aromatic rings. The lowest BCUT2D eigenvalue weighted by molar-refractivity contribution is 0.0636. The first-order valence-corrected chi connectivity index (χ1v) is 9.66. The van der Waals surface area contributed by atoms with Gasteiger partial charge in [-0.2, -0.15) is 0 Å². The third-order valence-electron chi connectivity index (χ3n) is 3.99. The molecule has 1 heterocycles. The van der Waals surface area contributed by atoms with E-state index in [1.54, 1.807) is 81.7 Å². The normalized spacial score (nSPS) is 10.8. The molecule has 2 aromatic carbocycles. The van der Waals surface area contributed by atoms with Gasteiger partial charge in [0.25, 0.3) is 5.91 Å². The molecule has 0 unspecified atom stereocenters. The van der Waals surface area contributed by atoms with Crippen LogP contribution in [0.25, 0.3) is 0 Å². The molecule has 0 atom stereocenters. The molecule has 0 aliphatic carbocycles. The van der Waals surface area contributed by atoms with Gasteiger partial charge in [-0.25, -0.2) is 14.8 Å². The zero-order valence-corrected chi connectivity index (χ0v) is 17.8. The SMILES string of the molecule is Cc1cc(Oc2ncccn2)ccc1NC(=O)c1ccc(NC(=O)OC(C)(C)C)cc1. The quantitative estimate of drug-likeness (QED) is 0.590. The maximum absolute atomic E-state index is 12.6. The second-order valence-corrected chi connectivity index (χ2v) is 7.77. The summed E-state index contributed by atoms with van der Waals surface area (Å²) in [4.78, 5) is 32.5. The fourth-order valence-corrected chi connectivity index (χ4v) is 2.60. The zero-order chi connectivity index (χ0) is 22.4. The number of aromatic nitrogens is 2. The van der Waals surface area contributed by atoms with Crippen LogP contribution in [0.3, 0.4) is 0 Å². The highest BCUT2D eigenvalue weighted by molar-refractivity contribution is 6.05. The van der Waals surface area contributed by atoms with Crippen LogP contribution < -0.4 is 15.4 Å². The Bertz CT molecular complexity index is 1060. The predicted octanol–water partition coefficient (Wildman–Crippen LogP) is 5.18. The van der Waals surface area contributed by atoms with Gasteiger partial charge in [-0.3, -0.25) is 10.1 Å². The monoisotopic (exact) mass is 420 g/mol. The van der Waals surface area contributed by atoms with Crippen molar-refractivity contribution in [3.63, 3.8) is 0 Å². The van der Waals surface area contributed by atoms with Crippen LogP contribution in [-0.2, 0) is 4.74 Å². The Morgan fingerprint density at radius 2 is 1.61 bits per heavy atom. The molecule has 0 bridgehead atoms. The predicted molar refractivity (Wildman–Crippen MR) is 118 cm³/mol. The summed E-state index contributed by atoms with van der Waals surface area (Å²) in [5.74, 6) is 0.297. The highest BCUT2D eigenvalue weighted by Gasteiger charge is 2.16. The molecule has 8 nitrogen and oxygen atoms in total. The third-order valence-corrected chi connectivity index (χ3v) is 3.99. The molecule has 31 heavy (non-hydrogen) atoms. The van der Waals surface area contributed by atoms with Crippen molar-refractivity contribution < 1.29 is 19.1 Å². The number of ether oxygens (including phenoxy) is 2. The summed E-state index contributed by atoms with van der Waals surface area (Å²) in [5, 5.41) is 5.50. The summed E-state index contributed by atoms with van der Waals surface area (Å²) in [6, 6.07) is 13.8. The van der Waals surface area contributed by atoms with E-state index in [0.29, 0.717) is 22.7 Å². The van der Waals surface area contributed by atoms with E-state index >= 15 is 0 Å². The van der Waals surface area contributed by atoms with Crippen molar-refractivity contribution in [2.24, 2.45) is 0 Å². The number of carbonyl (C=O) groups excluding carboxylic acids is 2. The molecule has 3 rings (SSSR count). The average Bonchev–Trinajstić information content (AvgIpc) is 2.70. The van der Waals surface area contributed by atoms with Gasteiger partial charge < -0.3 is 14.8 Å². The molecule has 0 fully saturated rings. The van der Waals surface area contributed by atoms with Crippen LogP contribution in [0, 0.1) is 6.92 Å². The van der Waals surface area contributed by atoms with Crippen LogP contribution in [0.4, 0.5) is 16.2 Å². The number of benzene rings is 2. The van der Waals surface area contributed by atoms with E-state index in [1.807, 2.05) is 6.92 Å². The van der Waals surface area contributed by atoms with Crippen LogP contribution >= 0.6 is 0 Å². The van der Waals surface area contributed by atoms with Gasteiger partial charge in [0.1, 0.15) is 11.4 Å². The molecule has 0 aliphatic heterocycles. The first kappa shape index (κ1) is 21.8. The van der Waals surface area contributed by atoms with E-state index in [0.717, 1.165) is 5.56 Å². The smallest absolute Gasteiger partial charge is 0.412 e. The number of hydrogen-bond donors (Lipinski definition) is 2. The molecular formula is C23H24N4O4. The van der Waals surface area contributed by atoms with E-state index in [1.165, 1.54) is 0 Å². The number of rotatable bonds is 5. The van der Waals surface area contributed by atoms with Crippen LogP contribution in [0.15, 0.2) is 60.9 Å². The number of aryl methyl sites for hydroxylation is 1. The second kappa shape index (κ2) is 9.25. The molecular weight excluding hydrogens is 396 g/mol. The summed E-state index contributed by atoms with van der Waals surface area (Å²) in [5.41, 5.74) is 1.88. The second-order valence-electron chi connectivity index (χ2n) is 7.77. The van der Waals surface area contributed by atoms with Gasteiger partial charge in [-0.15, -0.1) is 0 Å². The Kier molecular flexibility index (Phi) is 6.49. The maximum atomic E-state index is 12.6. The minimum atomic E-state index is -0.587. The molecule has 2 N–H and O–H groups in total. The number of nitrogens with one attached hydrogen (secondary N) is 2. The summed E-state index contributed by atoms with van der Waals surface area (Å²) in [7, 11) is 0. The highest BCUT2D eigenvalue weighted by atomic mass is 16.6. The van der Waals surface area contributed by atoms with Crippen molar-refractivity contribution in [1.82, 2.24) is 9.97 Å². The molecule has 0 spiro atoms. The van der Waals surface area contributed by atoms with Gasteiger partial charge in [0.2, 0.25) is 0 Å². The lowest BCUT2D eigenvalue weighted by atomic mass is 10.1. The maximum Gasteiger partial charge on any atom is 0.412 e. The standard InChI is InChI=1S/C23H24N4O4/c1-15-14-18(30-21-24-12-5-13-25-21)10-11-19(15)27-20(28)16-6-8-17(9-7-16)26-22(29)31-23(2,3)4/h5-14H,1-4H3,(H,26,29)(H,27,28). The number of anilines is 2. The topological polar surface area (TPSA) is 102 Å². The Balaban J connectivity index is 1.61. The van der Waals surface area contributed by atoms with Crippen LogP contribution in [0.5, 0.6) is 11.8 Å². The van der Waals surface area contributed by atoms with Gasteiger partial charge in [0, 0.05) is 29.3 Å². The van der Waals surface area contributed by atoms with Crippen molar-refractivity contribution in [3.8, 4) is 11.8 Å². The van der Waals surface area contributed by atoms with Gasteiger partial charge >= 0.3 is 12.1 Å². The van der Waals surface area contributed by atoms with E-state index in [2.05, 4.69) is 20.6 Å². The number of amides is 2. The molecule has 8 heteroatoms. The van der Waals surface area contributed by atoms with Gasteiger partial charge in [-0.05, 0) is 81.8 Å². The van der Waals surface area contributed by atoms with Gasteiger partial charge in [0.05, 0.1) is 0 Å². The average molecular weight is 420 g/mol. The Morgan fingerprint density at radius 1 is 0.935 bits per heavy atom.